The minimum atomic E-state index is -0.525. The molecule has 78 valence electrons. The van der Waals surface area contributed by atoms with Crippen LogP contribution in [0.15, 0.2) is 11.7 Å². The first-order chi connectivity index (χ1) is 6.68. The van der Waals surface area contributed by atoms with Gasteiger partial charge in [0, 0.05) is 23.5 Å². The zero-order valence-corrected chi connectivity index (χ0v) is 8.96. The number of nitrogens with two attached hydrogens (primary N) is 1. The lowest BCUT2D eigenvalue weighted by atomic mass is 9.80. The summed E-state index contributed by atoms with van der Waals surface area (Å²) in [6.45, 7) is 0. The van der Waals surface area contributed by atoms with Gasteiger partial charge >= 0.3 is 0 Å². The average Bonchev–Trinajstić information content (AvgIpc) is 2.63. The van der Waals surface area contributed by atoms with Crippen LogP contribution in [0.4, 0.5) is 0 Å². The van der Waals surface area contributed by atoms with E-state index in [2.05, 4.69) is 4.98 Å². The van der Waals surface area contributed by atoms with Crippen LogP contribution in [-0.4, -0.2) is 21.7 Å². The van der Waals surface area contributed by atoms with E-state index in [1.54, 1.807) is 11.3 Å². The van der Waals surface area contributed by atoms with Crippen molar-refractivity contribution < 1.29 is 5.11 Å². The highest BCUT2D eigenvalue weighted by molar-refractivity contribution is 7.09. The van der Waals surface area contributed by atoms with Crippen molar-refractivity contribution in [1.29, 1.82) is 0 Å². The highest BCUT2D eigenvalue weighted by Gasteiger charge is 2.32. The zero-order chi connectivity index (χ0) is 10.0. The van der Waals surface area contributed by atoms with Gasteiger partial charge in [0.25, 0.3) is 0 Å². The number of aliphatic hydroxyl groups is 1. The lowest BCUT2D eigenvalue weighted by Gasteiger charge is -2.34. The molecule has 3 N–H and O–H groups in total. The van der Waals surface area contributed by atoms with Gasteiger partial charge in [0.05, 0.1) is 11.1 Å². The van der Waals surface area contributed by atoms with Gasteiger partial charge < -0.3 is 10.8 Å². The van der Waals surface area contributed by atoms with Crippen LogP contribution in [0.1, 0.15) is 30.6 Å². The minimum absolute atomic E-state index is 0.289. The Morgan fingerprint density at radius 2 is 2.29 bits per heavy atom. The predicted octanol–water partition coefficient (Wildman–Crippen LogP) is 1.32. The molecule has 1 aliphatic carbocycles. The Morgan fingerprint density at radius 3 is 2.86 bits per heavy atom. The molecule has 0 unspecified atom stereocenters. The van der Waals surface area contributed by atoms with Crippen molar-refractivity contribution in [3.8, 4) is 0 Å². The van der Waals surface area contributed by atoms with Crippen LogP contribution in [0.3, 0.4) is 0 Å². The van der Waals surface area contributed by atoms with Crippen LogP contribution in [0.2, 0.25) is 0 Å². The van der Waals surface area contributed by atoms with E-state index in [1.807, 2.05) is 11.7 Å². The monoisotopic (exact) mass is 212 g/mol. The first kappa shape index (κ1) is 10.1. The molecular formula is C10H16N2OS. The summed E-state index contributed by atoms with van der Waals surface area (Å²) in [6, 6.07) is 0.289. The number of rotatable bonds is 2. The first-order valence-corrected chi connectivity index (χ1v) is 5.91. The van der Waals surface area contributed by atoms with E-state index in [-0.39, 0.29) is 6.04 Å². The van der Waals surface area contributed by atoms with E-state index in [1.165, 1.54) is 4.88 Å². The molecule has 1 aromatic heterocycles. The topological polar surface area (TPSA) is 59.1 Å². The lowest BCUT2D eigenvalue weighted by Crippen LogP contribution is -2.40. The smallest absolute Gasteiger partial charge is 0.0794 e. The Hall–Kier alpha value is -0.450. The summed E-state index contributed by atoms with van der Waals surface area (Å²) >= 11 is 1.61. The Morgan fingerprint density at radius 1 is 1.57 bits per heavy atom. The molecule has 2 rings (SSSR count). The third-order valence-electron chi connectivity index (χ3n) is 2.95. The maximum Gasteiger partial charge on any atom is 0.0794 e. The van der Waals surface area contributed by atoms with Crippen LogP contribution < -0.4 is 5.73 Å². The van der Waals surface area contributed by atoms with E-state index in [0.29, 0.717) is 0 Å². The van der Waals surface area contributed by atoms with E-state index in [0.717, 1.165) is 32.1 Å². The molecule has 1 aliphatic rings. The van der Waals surface area contributed by atoms with Crippen LogP contribution >= 0.6 is 11.3 Å². The van der Waals surface area contributed by atoms with Gasteiger partial charge in [-0.15, -0.1) is 11.3 Å². The van der Waals surface area contributed by atoms with Crippen molar-refractivity contribution >= 4 is 11.3 Å². The maximum atomic E-state index is 10.3. The Bertz CT molecular complexity index is 278. The minimum Gasteiger partial charge on any atom is -0.390 e. The van der Waals surface area contributed by atoms with E-state index < -0.39 is 5.60 Å². The van der Waals surface area contributed by atoms with Crippen LogP contribution in [-0.2, 0) is 6.42 Å². The van der Waals surface area contributed by atoms with E-state index in [9.17, 15) is 5.11 Å². The van der Waals surface area contributed by atoms with Crippen molar-refractivity contribution in [3.05, 3.63) is 16.6 Å². The SMILES string of the molecule is NC1CCC(O)(Cc2cncs2)CC1. The molecule has 0 atom stereocenters. The zero-order valence-electron chi connectivity index (χ0n) is 8.15. The van der Waals surface area contributed by atoms with Gasteiger partial charge in [-0.1, -0.05) is 0 Å². The third kappa shape index (κ3) is 2.32. The quantitative estimate of drug-likeness (QED) is 0.777. The second-order valence-corrected chi connectivity index (χ2v) is 5.18. The summed E-state index contributed by atoms with van der Waals surface area (Å²) in [4.78, 5) is 5.19. The molecule has 1 heterocycles. The molecule has 1 fully saturated rings. The number of thiazole rings is 1. The van der Waals surface area contributed by atoms with Crippen molar-refractivity contribution in [3.63, 3.8) is 0 Å². The van der Waals surface area contributed by atoms with Gasteiger partial charge in [-0.2, -0.15) is 0 Å². The fourth-order valence-electron chi connectivity index (χ4n) is 2.01. The van der Waals surface area contributed by atoms with Crippen LogP contribution in [0, 0.1) is 0 Å². The largest absolute Gasteiger partial charge is 0.390 e. The summed E-state index contributed by atoms with van der Waals surface area (Å²) < 4.78 is 0. The fraction of sp³-hybridized carbons (Fsp3) is 0.700. The third-order valence-corrected chi connectivity index (χ3v) is 3.73. The molecule has 0 aliphatic heterocycles. The Labute approximate surface area is 88.0 Å². The maximum absolute atomic E-state index is 10.3. The number of hydrogen-bond donors (Lipinski definition) is 2. The van der Waals surface area contributed by atoms with E-state index >= 15 is 0 Å². The summed E-state index contributed by atoms with van der Waals surface area (Å²) in [5, 5.41) is 10.3. The molecule has 0 amide bonds. The second kappa shape index (κ2) is 3.96. The number of hydrogen-bond acceptors (Lipinski definition) is 4. The average molecular weight is 212 g/mol. The molecule has 0 bridgehead atoms. The first-order valence-electron chi connectivity index (χ1n) is 5.03. The predicted molar refractivity (Wildman–Crippen MR) is 57.2 cm³/mol. The van der Waals surface area contributed by atoms with Gasteiger partial charge in [0.2, 0.25) is 0 Å². The molecule has 0 spiro atoms. The second-order valence-electron chi connectivity index (χ2n) is 4.21. The van der Waals surface area contributed by atoms with Crippen molar-refractivity contribution in [2.45, 2.75) is 43.7 Å². The summed E-state index contributed by atoms with van der Waals surface area (Å²) in [6.07, 6.45) is 6.12. The number of nitrogens with zero attached hydrogens (tertiary/aromatic N) is 1. The van der Waals surface area contributed by atoms with Crippen molar-refractivity contribution in [2.75, 3.05) is 0 Å². The molecular weight excluding hydrogens is 196 g/mol. The molecule has 3 nitrogen and oxygen atoms in total. The van der Waals surface area contributed by atoms with Gasteiger partial charge in [-0.05, 0) is 25.7 Å². The van der Waals surface area contributed by atoms with Gasteiger partial charge in [0.15, 0.2) is 0 Å². The Balaban J connectivity index is 1.96. The van der Waals surface area contributed by atoms with Crippen LogP contribution in [0.25, 0.3) is 0 Å². The molecule has 0 aromatic carbocycles. The molecule has 1 aromatic rings. The summed E-state index contributed by atoms with van der Waals surface area (Å²) in [5.41, 5.74) is 7.10. The summed E-state index contributed by atoms with van der Waals surface area (Å²) in [7, 11) is 0. The standard InChI is InChI=1S/C10H16N2OS/c11-8-1-3-10(13,4-2-8)5-9-6-12-7-14-9/h6-8,13H,1-5,11H2. The highest BCUT2D eigenvalue weighted by Crippen LogP contribution is 2.31. The lowest BCUT2D eigenvalue weighted by molar-refractivity contribution is 0.000858. The van der Waals surface area contributed by atoms with Gasteiger partial charge in [-0.25, -0.2) is 0 Å². The fourth-order valence-corrected chi connectivity index (χ4v) is 2.74. The van der Waals surface area contributed by atoms with Crippen molar-refractivity contribution in [1.82, 2.24) is 4.98 Å². The van der Waals surface area contributed by atoms with Gasteiger partial charge in [0.1, 0.15) is 0 Å². The van der Waals surface area contributed by atoms with Crippen LogP contribution in [0.5, 0.6) is 0 Å². The highest BCUT2D eigenvalue weighted by atomic mass is 32.1. The molecule has 14 heavy (non-hydrogen) atoms. The number of aromatic nitrogens is 1. The molecule has 0 radical (unpaired) electrons. The summed E-state index contributed by atoms with van der Waals surface area (Å²) in [5.74, 6) is 0. The van der Waals surface area contributed by atoms with E-state index in [4.69, 9.17) is 5.73 Å². The molecule has 4 heteroatoms. The molecule has 1 saturated carbocycles. The normalized spacial score (nSPS) is 33.1. The molecule has 0 saturated heterocycles. The Kier molecular flexibility index (Phi) is 2.85. The van der Waals surface area contributed by atoms with Crippen molar-refractivity contribution in [2.24, 2.45) is 5.73 Å². The van der Waals surface area contributed by atoms with Gasteiger partial charge in [-0.3, -0.25) is 4.98 Å².